The molecule has 0 aromatic carbocycles. The zero-order valence-electron chi connectivity index (χ0n) is 7.83. The Morgan fingerprint density at radius 2 is 2.08 bits per heavy atom. The fourth-order valence-corrected chi connectivity index (χ4v) is 0.942. The van der Waals surface area contributed by atoms with Crippen LogP contribution in [0.25, 0.3) is 0 Å². The van der Waals surface area contributed by atoms with E-state index >= 15 is 0 Å². The topological polar surface area (TPSA) is 72.5 Å². The molecule has 0 saturated carbocycles. The molecule has 0 aliphatic carbocycles. The summed E-state index contributed by atoms with van der Waals surface area (Å²) in [4.78, 5) is 10.3. The van der Waals surface area contributed by atoms with E-state index in [-0.39, 0.29) is 11.5 Å². The van der Waals surface area contributed by atoms with Crippen LogP contribution in [0.5, 0.6) is 0 Å². The highest BCUT2D eigenvalue weighted by Gasteiger charge is 2.27. The van der Waals surface area contributed by atoms with E-state index in [0.717, 1.165) is 0 Å². The molecule has 0 aliphatic rings. The molecule has 4 heteroatoms. The molecule has 0 amide bonds. The van der Waals surface area contributed by atoms with Gasteiger partial charge in [0.2, 0.25) is 0 Å². The van der Waals surface area contributed by atoms with Gasteiger partial charge in [0, 0.05) is 0 Å². The first-order valence-corrected chi connectivity index (χ1v) is 3.97. The summed E-state index contributed by atoms with van der Waals surface area (Å²) >= 11 is 0. The molecule has 0 fully saturated rings. The van der Waals surface area contributed by atoms with Gasteiger partial charge >= 0.3 is 6.16 Å². The van der Waals surface area contributed by atoms with Crippen molar-refractivity contribution in [2.45, 2.75) is 33.3 Å². The van der Waals surface area contributed by atoms with Crippen LogP contribution in [0.3, 0.4) is 0 Å². The monoisotopic (exact) mass is 175 g/mol. The Kier molecular flexibility index (Phi) is 4.03. The van der Waals surface area contributed by atoms with Gasteiger partial charge in [-0.15, -0.1) is 0 Å². The summed E-state index contributed by atoms with van der Waals surface area (Å²) in [6.45, 7) is 6.22. The maximum absolute atomic E-state index is 10.3. The molecule has 0 aromatic rings. The van der Waals surface area contributed by atoms with Gasteiger partial charge in [-0.25, -0.2) is 4.79 Å². The van der Waals surface area contributed by atoms with Crippen molar-refractivity contribution in [2.75, 3.05) is 6.54 Å². The van der Waals surface area contributed by atoms with Crippen LogP contribution >= 0.6 is 0 Å². The van der Waals surface area contributed by atoms with Crippen molar-refractivity contribution in [3.8, 4) is 0 Å². The molecule has 12 heavy (non-hydrogen) atoms. The van der Waals surface area contributed by atoms with Gasteiger partial charge in [0.25, 0.3) is 0 Å². The molecule has 0 aromatic heterocycles. The molecule has 0 saturated heterocycles. The van der Waals surface area contributed by atoms with Crippen molar-refractivity contribution < 1.29 is 14.6 Å². The first-order valence-electron chi connectivity index (χ1n) is 3.97. The largest absolute Gasteiger partial charge is 0.506 e. The van der Waals surface area contributed by atoms with Gasteiger partial charge in [-0.05, 0) is 18.4 Å². The number of hydrogen-bond donors (Lipinski definition) is 2. The standard InChI is InChI=1S/C8H17NO3/c1-8(2,3)6(4-5-9)12-7(10)11/h6H,4-5,9H2,1-3H3,(H,10,11). The van der Waals surface area contributed by atoms with E-state index in [9.17, 15) is 4.79 Å². The Morgan fingerprint density at radius 1 is 1.58 bits per heavy atom. The first-order chi connectivity index (χ1) is 5.38. The Labute approximate surface area is 72.7 Å². The number of carbonyl (C=O) groups is 1. The minimum Gasteiger partial charge on any atom is -0.450 e. The lowest BCUT2D eigenvalue weighted by Crippen LogP contribution is -2.33. The maximum Gasteiger partial charge on any atom is 0.506 e. The molecule has 0 radical (unpaired) electrons. The van der Waals surface area contributed by atoms with Crippen molar-refractivity contribution in [3.05, 3.63) is 0 Å². The van der Waals surface area contributed by atoms with Crippen LogP contribution in [0.2, 0.25) is 0 Å². The second-order valence-corrected chi connectivity index (χ2v) is 3.82. The summed E-state index contributed by atoms with van der Waals surface area (Å²) in [6.07, 6.45) is -0.987. The normalized spacial score (nSPS) is 14.0. The lowest BCUT2D eigenvalue weighted by molar-refractivity contribution is -0.00181. The van der Waals surface area contributed by atoms with E-state index in [1.54, 1.807) is 0 Å². The highest BCUT2D eigenvalue weighted by Crippen LogP contribution is 2.24. The summed E-state index contributed by atoms with van der Waals surface area (Å²) in [6, 6.07) is 0. The van der Waals surface area contributed by atoms with Gasteiger partial charge < -0.3 is 15.6 Å². The average molecular weight is 175 g/mol. The Morgan fingerprint density at radius 3 is 2.33 bits per heavy atom. The lowest BCUT2D eigenvalue weighted by atomic mass is 9.87. The molecule has 72 valence electrons. The maximum atomic E-state index is 10.3. The van der Waals surface area contributed by atoms with Gasteiger partial charge in [0.1, 0.15) is 6.10 Å². The van der Waals surface area contributed by atoms with Gasteiger partial charge in [-0.2, -0.15) is 0 Å². The molecule has 0 rings (SSSR count). The minimum absolute atomic E-state index is 0.183. The summed E-state index contributed by atoms with van der Waals surface area (Å²) < 4.78 is 4.69. The van der Waals surface area contributed by atoms with Crippen LogP contribution in [0.1, 0.15) is 27.2 Å². The third-order valence-electron chi connectivity index (χ3n) is 1.64. The van der Waals surface area contributed by atoms with E-state index in [2.05, 4.69) is 0 Å². The summed E-state index contributed by atoms with van der Waals surface area (Å²) in [5, 5.41) is 8.41. The second-order valence-electron chi connectivity index (χ2n) is 3.82. The quantitative estimate of drug-likeness (QED) is 0.637. The van der Waals surface area contributed by atoms with Crippen LogP contribution < -0.4 is 5.73 Å². The van der Waals surface area contributed by atoms with E-state index < -0.39 is 6.16 Å². The fraction of sp³-hybridized carbons (Fsp3) is 0.875. The summed E-state index contributed by atoms with van der Waals surface area (Å²) in [5.41, 5.74) is 5.15. The van der Waals surface area contributed by atoms with Crippen LogP contribution in [0.4, 0.5) is 4.79 Å². The molecule has 0 aliphatic heterocycles. The third-order valence-corrected chi connectivity index (χ3v) is 1.64. The van der Waals surface area contributed by atoms with Gasteiger partial charge in [-0.1, -0.05) is 20.8 Å². The lowest BCUT2D eigenvalue weighted by Gasteiger charge is -2.28. The van der Waals surface area contributed by atoms with Crippen molar-refractivity contribution in [1.29, 1.82) is 0 Å². The van der Waals surface area contributed by atoms with Crippen LogP contribution in [0.15, 0.2) is 0 Å². The summed E-state index contributed by atoms with van der Waals surface area (Å²) in [7, 11) is 0. The van der Waals surface area contributed by atoms with Gasteiger partial charge in [0.15, 0.2) is 0 Å². The van der Waals surface area contributed by atoms with E-state index in [4.69, 9.17) is 15.6 Å². The highest BCUT2D eigenvalue weighted by atomic mass is 16.7. The molecular weight excluding hydrogens is 158 g/mol. The number of rotatable bonds is 3. The zero-order chi connectivity index (χ0) is 9.78. The van der Waals surface area contributed by atoms with Gasteiger partial charge in [0.05, 0.1) is 0 Å². The Hall–Kier alpha value is -0.770. The minimum atomic E-state index is -1.23. The second kappa shape index (κ2) is 4.30. The van der Waals surface area contributed by atoms with E-state index in [1.807, 2.05) is 20.8 Å². The van der Waals surface area contributed by atoms with Crippen LogP contribution in [0, 0.1) is 5.41 Å². The predicted molar refractivity (Wildman–Crippen MR) is 46.0 cm³/mol. The van der Waals surface area contributed by atoms with Crippen molar-refractivity contribution in [2.24, 2.45) is 11.1 Å². The number of carboxylic acid groups (broad SMARTS) is 1. The molecule has 4 nitrogen and oxygen atoms in total. The predicted octanol–water partition coefficient (Wildman–Crippen LogP) is 1.44. The molecular formula is C8H17NO3. The Balaban J connectivity index is 4.13. The SMILES string of the molecule is CC(C)(C)C(CCN)OC(=O)O. The molecule has 1 atom stereocenters. The van der Waals surface area contributed by atoms with Crippen LogP contribution in [-0.4, -0.2) is 23.9 Å². The van der Waals surface area contributed by atoms with Crippen molar-refractivity contribution >= 4 is 6.16 Å². The smallest absolute Gasteiger partial charge is 0.450 e. The number of nitrogens with two attached hydrogens (primary N) is 1. The van der Waals surface area contributed by atoms with Gasteiger partial charge in [-0.3, -0.25) is 0 Å². The summed E-state index contributed by atoms with van der Waals surface area (Å²) in [5.74, 6) is 0. The molecule has 0 spiro atoms. The molecule has 3 N–H and O–H groups in total. The van der Waals surface area contributed by atoms with Crippen molar-refractivity contribution in [3.63, 3.8) is 0 Å². The van der Waals surface area contributed by atoms with Crippen LogP contribution in [-0.2, 0) is 4.74 Å². The van der Waals surface area contributed by atoms with E-state index in [0.29, 0.717) is 13.0 Å². The fourth-order valence-electron chi connectivity index (χ4n) is 0.942. The number of hydrogen-bond acceptors (Lipinski definition) is 3. The third kappa shape index (κ3) is 4.18. The Bertz CT molecular complexity index is 151. The molecule has 0 bridgehead atoms. The molecule has 1 unspecified atom stereocenters. The first kappa shape index (κ1) is 11.2. The zero-order valence-corrected chi connectivity index (χ0v) is 7.83. The number of ether oxygens (including phenoxy) is 1. The average Bonchev–Trinajstić information content (AvgIpc) is 1.83. The highest BCUT2D eigenvalue weighted by molar-refractivity contribution is 5.57. The molecule has 0 heterocycles. The van der Waals surface area contributed by atoms with Crippen molar-refractivity contribution in [1.82, 2.24) is 0 Å². The van der Waals surface area contributed by atoms with E-state index in [1.165, 1.54) is 0 Å².